The zero-order valence-corrected chi connectivity index (χ0v) is 50.0. The monoisotopic (exact) mass is 1240 g/mol. The molecule has 0 saturated carbocycles. The van der Waals surface area contributed by atoms with Crippen molar-refractivity contribution in [3.8, 4) is 0 Å². The smallest absolute Gasteiger partial charge is 0.414 e. The second-order valence-corrected chi connectivity index (χ2v) is 20.6. The van der Waals surface area contributed by atoms with Gasteiger partial charge in [-0.25, -0.2) is 18.4 Å². The summed E-state index contributed by atoms with van der Waals surface area (Å²) in [6, 6.07) is 37.8. The number of rotatable bonds is 18. The third kappa shape index (κ3) is 24.9. The van der Waals surface area contributed by atoms with Gasteiger partial charge in [0.2, 0.25) is 29.5 Å². The quantitative estimate of drug-likeness (QED) is 0.0228. The molecule has 4 saturated heterocycles. The first-order chi connectivity index (χ1) is 41.3. The summed E-state index contributed by atoms with van der Waals surface area (Å²) in [5.41, 5.74) is 4.46. The molecule has 0 bridgehead atoms. The van der Waals surface area contributed by atoms with E-state index in [4.69, 9.17) is 30.5 Å². The van der Waals surface area contributed by atoms with Crippen LogP contribution in [0.4, 0.5) is 41.1 Å². The number of alkyl halides is 1. The molecule has 4 aliphatic heterocycles. The van der Waals surface area contributed by atoms with Crippen molar-refractivity contribution in [1.82, 2.24) is 25.8 Å². The number of cyclic esters (lactones) is 1. The van der Waals surface area contributed by atoms with E-state index in [0.717, 1.165) is 23.3 Å². The number of esters is 1. The minimum Gasteiger partial charge on any atom is -0.459 e. The third-order valence-corrected chi connectivity index (χ3v) is 13.9. The van der Waals surface area contributed by atoms with Gasteiger partial charge in [-0.3, -0.25) is 39.0 Å². The first-order valence-corrected chi connectivity index (χ1v) is 28.6. The fourth-order valence-corrected chi connectivity index (χ4v) is 9.13. The van der Waals surface area contributed by atoms with Gasteiger partial charge in [0.25, 0.3) is 0 Å². The molecule has 4 aliphatic rings. The van der Waals surface area contributed by atoms with E-state index in [0.29, 0.717) is 101 Å². The molecule has 4 fully saturated rings. The van der Waals surface area contributed by atoms with Crippen molar-refractivity contribution >= 4 is 90.5 Å². The maximum atomic E-state index is 15.0. The predicted molar refractivity (Wildman–Crippen MR) is 335 cm³/mol. The number of piperazine rings is 2. The van der Waals surface area contributed by atoms with Crippen LogP contribution in [0.25, 0.3) is 0 Å². The van der Waals surface area contributed by atoms with E-state index in [1.165, 1.54) is 44.7 Å². The van der Waals surface area contributed by atoms with Gasteiger partial charge in [-0.1, -0.05) is 98.4 Å². The molecule has 3 radical (unpaired) electrons. The number of nitrogens with one attached hydrogen (secondary N) is 4. The van der Waals surface area contributed by atoms with Gasteiger partial charge in [-0.15, -0.1) is 11.6 Å². The molecule has 0 aromatic heterocycles. The second kappa shape index (κ2) is 37.0. The number of carbonyl (C=O) groups is 8. The Morgan fingerprint density at radius 1 is 0.625 bits per heavy atom. The van der Waals surface area contributed by atoms with Crippen LogP contribution in [-0.4, -0.2) is 175 Å². The van der Waals surface area contributed by atoms with Gasteiger partial charge < -0.3 is 54.5 Å². The molecule has 0 spiro atoms. The summed E-state index contributed by atoms with van der Waals surface area (Å²) in [7, 11) is 0. The van der Waals surface area contributed by atoms with Gasteiger partial charge in [0.15, 0.2) is 0 Å². The van der Waals surface area contributed by atoms with Gasteiger partial charge in [-0.05, 0) is 53.1 Å². The molecule has 4 heterocycles. The molecule has 5 aromatic carbocycles. The van der Waals surface area contributed by atoms with Crippen LogP contribution in [0.3, 0.4) is 0 Å². The summed E-state index contributed by atoms with van der Waals surface area (Å²) < 4.78 is 49.7. The van der Waals surface area contributed by atoms with Crippen LogP contribution in [0, 0.1) is 11.6 Å². The molecule has 3 atom stereocenters. The van der Waals surface area contributed by atoms with Gasteiger partial charge >= 0.3 is 18.2 Å². The minimum atomic E-state index is -0.642. The Kier molecular flexibility index (Phi) is 30.2. The van der Waals surface area contributed by atoms with Crippen molar-refractivity contribution < 1.29 is 67.5 Å². The number of benzene rings is 5. The Labute approximate surface area is 521 Å². The number of nitrogens with zero attached hydrogens (tertiary/aromatic N) is 5. The Morgan fingerprint density at radius 2 is 1.08 bits per heavy atom. The first kappa shape index (κ1) is 71.7. The van der Waals surface area contributed by atoms with Gasteiger partial charge in [0, 0.05) is 102 Å². The SMILES string of the molecule is C.CC(=O)NC[C@@H](CCl)OC(C)=O.CC(=O)NC[C@H]1CN(c2ccc(N3CCN(C(=O)Cc4ccccc4)CC3)c(F)c2)C(=O)O1.CC(=O)NC[C@H]1CO1.O=C(Nc1ccc(N2CCN(C(=O)Cc3ccccc3)CC2)c(F)c1)OCc1ccccc1.[2HH].[B]. The third-order valence-electron chi connectivity index (χ3n) is 13.5. The number of amides is 7. The average Bonchev–Trinajstić information content (AvgIpc) is 2.16. The molecule has 7 amide bonds. The number of hydrogen-bond donors (Lipinski definition) is 4. The summed E-state index contributed by atoms with van der Waals surface area (Å²) >= 11 is 5.47. The molecular weight excluding hydrogens is 1160 g/mol. The fraction of sp³-hybridized carbons (Fsp3) is 0.397. The number of carbonyl (C=O) groups excluding carboxylic acids is 8. The minimum absolute atomic E-state index is 0. The van der Waals surface area contributed by atoms with E-state index in [-0.39, 0.29) is 78.9 Å². The number of epoxide rings is 1. The lowest BCUT2D eigenvalue weighted by Crippen LogP contribution is -2.49. The topological polar surface area (TPSA) is 241 Å². The largest absolute Gasteiger partial charge is 0.459 e. The Morgan fingerprint density at radius 3 is 1.51 bits per heavy atom. The molecule has 25 heteroatoms. The summed E-state index contributed by atoms with van der Waals surface area (Å²) in [6.07, 6.45) is -1.09. The molecule has 0 unspecified atom stereocenters. The standard InChI is InChI=1S/C26H26FN3O3.C24H27FN4O4.C7H12ClNO3.C5H9NO2.CH4.B.H2/c27-23-18-22(28-26(32)33-19-21-9-5-2-6-10-21)11-12-24(23)29-13-15-30(16-14-29)25(31)17-20-7-3-1-4-8-20;1-17(30)26-15-20-16-29(24(32)33-20)19-7-8-22(21(25)14-19)27-9-11-28(12-10-27)23(31)13-18-5-3-2-4-6-18;1-5(10)9-4-7(3-8)12-6(2)11;1-4(7)6-2-5-3-8-5;;;/h1-12,18H,13-17,19H2,(H,28,32);2-8,14,20H,9-13,15-16H2,1H3,(H,26,30);7H,3-4H2,1-2H3,(H,9,10);5H,2-3H2,1H3,(H,6,7);1H4;;1H/t;20-;7-;5-;;;/m.010.../s1/i;;;;;;1+1. The first-order valence-electron chi connectivity index (χ1n) is 28.1. The van der Waals surface area contributed by atoms with E-state index in [1.54, 1.807) is 24.3 Å². The maximum Gasteiger partial charge on any atom is 0.414 e. The highest BCUT2D eigenvalue weighted by molar-refractivity contribution is 6.18. The van der Waals surface area contributed by atoms with E-state index in [1.807, 2.05) is 111 Å². The van der Waals surface area contributed by atoms with Crippen LogP contribution in [0.15, 0.2) is 127 Å². The van der Waals surface area contributed by atoms with E-state index >= 15 is 0 Å². The Balaban J connectivity index is 0.000000347. The zero-order valence-electron chi connectivity index (χ0n) is 49.2. The summed E-state index contributed by atoms with van der Waals surface area (Å²) in [4.78, 5) is 100. The van der Waals surface area contributed by atoms with Crippen LogP contribution in [0.2, 0.25) is 0 Å². The van der Waals surface area contributed by atoms with Gasteiger partial charge in [-0.2, -0.15) is 0 Å². The number of hydrogen-bond acceptors (Lipinski definition) is 14. The summed E-state index contributed by atoms with van der Waals surface area (Å²) in [5, 5.41) is 10.3. The summed E-state index contributed by atoms with van der Waals surface area (Å²) in [6.45, 7) is 12.2. The van der Waals surface area contributed by atoms with Crippen molar-refractivity contribution in [3.05, 3.63) is 156 Å². The molecule has 88 heavy (non-hydrogen) atoms. The molecule has 21 nitrogen and oxygen atoms in total. The van der Waals surface area contributed by atoms with Crippen LogP contribution in [-0.2, 0) is 67.2 Å². The molecule has 9 rings (SSSR count). The number of halogens is 3. The van der Waals surface area contributed by atoms with Crippen LogP contribution in [0.1, 0.15) is 53.2 Å². The number of ether oxygens (including phenoxy) is 4. The van der Waals surface area contributed by atoms with Crippen molar-refractivity contribution in [2.24, 2.45) is 0 Å². The highest BCUT2D eigenvalue weighted by atomic mass is 35.5. The lowest BCUT2D eigenvalue weighted by Gasteiger charge is -2.36. The highest BCUT2D eigenvalue weighted by Gasteiger charge is 2.33. The van der Waals surface area contributed by atoms with E-state index in [9.17, 15) is 47.1 Å². The maximum absolute atomic E-state index is 15.0. The highest BCUT2D eigenvalue weighted by Crippen LogP contribution is 2.29. The zero-order chi connectivity index (χ0) is 62.0. The van der Waals surface area contributed by atoms with Crippen molar-refractivity contribution in [1.29, 1.82) is 0 Å². The molecule has 473 valence electrons. The van der Waals surface area contributed by atoms with Crippen molar-refractivity contribution in [2.45, 2.75) is 72.9 Å². The predicted octanol–water partition coefficient (Wildman–Crippen LogP) is 6.96. The molecule has 5 aromatic rings. The van der Waals surface area contributed by atoms with Crippen molar-refractivity contribution in [2.75, 3.05) is 111 Å². The van der Waals surface area contributed by atoms with Crippen LogP contribution in [0.5, 0.6) is 0 Å². The Hall–Kier alpha value is -8.77. The lowest BCUT2D eigenvalue weighted by molar-refractivity contribution is -0.145. The van der Waals surface area contributed by atoms with Gasteiger partial charge in [0.1, 0.15) is 30.4 Å². The van der Waals surface area contributed by atoms with Crippen molar-refractivity contribution in [3.63, 3.8) is 0 Å². The van der Waals surface area contributed by atoms with Gasteiger partial charge in [0.05, 0.1) is 68.1 Å². The van der Waals surface area contributed by atoms with E-state index in [2.05, 4.69) is 21.3 Å². The Bertz CT molecular complexity index is 3060. The average molecular weight is 1240 g/mol. The van der Waals surface area contributed by atoms with E-state index < -0.39 is 42.0 Å². The second-order valence-electron chi connectivity index (χ2n) is 20.3. The normalized spacial score (nSPS) is 15.8. The lowest BCUT2D eigenvalue weighted by atomic mass is 10.1. The summed E-state index contributed by atoms with van der Waals surface area (Å²) in [5.74, 6) is -1.30. The van der Waals surface area contributed by atoms with Crippen LogP contribution < -0.4 is 36.0 Å². The molecule has 0 aliphatic carbocycles. The van der Waals surface area contributed by atoms with Crippen LogP contribution >= 0.6 is 11.6 Å². The number of anilines is 4. The molecular formula is C63H80BClF2N9O12. The molecule has 4 N–H and O–H groups in total. The fourth-order valence-electron chi connectivity index (χ4n) is 8.96.